The van der Waals surface area contributed by atoms with Crippen molar-refractivity contribution in [1.82, 2.24) is 4.72 Å². The largest absolute Gasteiger partial charge is 0.482 e. The van der Waals surface area contributed by atoms with E-state index < -0.39 is 10.0 Å². The zero-order chi connectivity index (χ0) is 21.9. The Labute approximate surface area is 190 Å². The van der Waals surface area contributed by atoms with Gasteiger partial charge in [0, 0.05) is 22.7 Å². The second-order valence-corrected chi connectivity index (χ2v) is 10.3. The number of hydrogen-bond acceptors (Lipinski definition) is 4. The molecule has 6 nitrogen and oxygen atoms in total. The number of nitrogens with one attached hydrogen (secondary N) is 1. The molecule has 0 saturated heterocycles. The van der Waals surface area contributed by atoms with Crippen LogP contribution in [0.4, 0.5) is 5.69 Å². The number of unbranched alkanes of at least 4 members (excludes halogenated alkanes) is 1. The highest BCUT2D eigenvalue weighted by atomic mass is 79.9. The van der Waals surface area contributed by atoms with Crippen molar-refractivity contribution in [2.45, 2.75) is 44.0 Å². The standard InChI is InChI=1S/C21H24BrClN2O4S/c1-3-4-9-24-30(27,28)17-6-8-20(18(23)12-17)29-13-21(26)25-14(2)10-15-11-16(22)5-7-19(15)25/h5-8,11-12,14,24H,3-4,9-10,13H2,1-2H3. The summed E-state index contributed by atoms with van der Waals surface area (Å²) in [5.41, 5.74) is 1.98. The van der Waals surface area contributed by atoms with E-state index in [1.54, 1.807) is 4.90 Å². The summed E-state index contributed by atoms with van der Waals surface area (Å²) in [6, 6.07) is 10.1. The molecule has 1 aliphatic heterocycles. The molecular formula is C21H24BrClN2O4S. The fourth-order valence-corrected chi connectivity index (χ4v) is 5.23. The van der Waals surface area contributed by atoms with Gasteiger partial charge in [0.1, 0.15) is 5.75 Å². The Kier molecular flexibility index (Phi) is 7.44. The van der Waals surface area contributed by atoms with Gasteiger partial charge in [0.2, 0.25) is 10.0 Å². The lowest BCUT2D eigenvalue weighted by Crippen LogP contribution is -2.39. The van der Waals surface area contributed by atoms with Crippen molar-refractivity contribution in [2.75, 3.05) is 18.1 Å². The van der Waals surface area contributed by atoms with Crippen molar-refractivity contribution in [3.8, 4) is 5.75 Å². The quantitative estimate of drug-likeness (QED) is 0.524. The van der Waals surface area contributed by atoms with E-state index >= 15 is 0 Å². The molecule has 1 aliphatic rings. The average molecular weight is 516 g/mol. The molecule has 162 valence electrons. The van der Waals surface area contributed by atoms with Crippen LogP contribution in [0.5, 0.6) is 5.75 Å². The van der Waals surface area contributed by atoms with Crippen molar-refractivity contribution in [3.05, 3.63) is 51.5 Å². The van der Waals surface area contributed by atoms with E-state index in [-0.39, 0.29) is 34.2 Å². The summed E-state index contributed by atoms with van der Waals surface area (Å²) in [6.07, 6.45) is 2.42. The molecule has 1 heterocycles. The maximum atomic E-state index is 12.8. The van der Waals surface area contributed by atoms with Crippen LogP contribution in [0.3, 0.4) is 0 Å². The molecular weight excluding hydrogens is 492 g/mol. The van der Waals surface area contributed by atoms with Crippen LogP contribution in [0, 0.1) is 0 Å². The predicted octanol–water partition coefficient (Wildman–Crippen LogP) is 4.54. The molecule has 0 radical (unpaired) electrons. The topological polar surface area (TPSA) is 75.7 Å². The van der Waals surface area contributed by atoms with Crippen molar-refractivity contribution < 1.29 is 17.9 Å². The van der Waals surface area contributed by atoms with Crippen molar-refractivity contribution in [1.29, 1.82) is 0 Å². The number of anilines is 1. The second-order valence-electron chi connectivity index (χ2n) is 7.22. The van der Waals surface area contributed by atoms with Crippen LogP contribution in [0.1, 0.15) is 32.3 Å². The zero-order valence-electron chi connectivity index (χ0n) is 16.8. The number of amides is 1. The highest BCUT2D eigenvalue weighted by Crippen LogP contribution is 2.34. The summed E-state index contributed by atoms with van der Waals surface area (Å²) in [6.45, 7) is 4.15. The molecule has 0 spiro atoms. The van der Waals surface area contributed by atoms with Crippen LogP contribution < -0.4 is 14.4 Å². The Hall–Kier alpha value is -1.61. The Balaban J connectivity index is 1.67. The van der Waals surface area contributed by atoms with Crippen LogP contribution in [-0.4, -0.2) is 33.5 Å². The Morgan fingerprint density at radius 1 is 1.30 bits per heavy atom. The summed E-state index contributed by atoms with van der Waals surface area (Å²) >= 11 is 9.68. The number of nitrogens with zero attached hydrogens (tertiary/aromatic N) is 1. The molecule has 1 N–H and O–H groups in total. The van der Waals surface area contributed by atoms with E-state index in [0.717, 1.165) is 35.0 Å². The van der Waals surface area contributed by atoms with Crippen LogP contribution in [0.2, 0.25) is 5.02 Å². The van der Waals surface area contributed by atoms with Gasteiger partial charge in [-0.3, -0.25) is 4.79 Å². The molecule has 0 saturated carbocycles. The summed E-state index contributed by atoms with van der Waals surface area (Å²) < 4.78 is 33.8. The van der Waals surface area contributed by atoms with Gasteiger partial charge in [-0.15, -0.1) is 0 Å². The number of halogens is 2. The first-order valence-electron chi connectivity index (χ1n) is 9.75. The van der Waals surface area contributed by atoms with E-state index in [9.17, 15) is 13.2 Å². The summed E-state index contributed by atoms with van der Waals surface area (Å²) in [5, 5.41) is 0.139. The minimum absolute atomic E-state index is 0.0302. The first-order valence-corrected chi connectivity index (χ1v) is 12.4. The number of ether oxygens (including phenoxy) is 1. The van der Waals surface area contributed by atoms with Gasteiger partial charge in [0.25, 0.3) is 5.91 Å². The van der Waals surface area contributed by atoms with Gasteiger partial charge >= 0.3 is 0 Å². The van der Waals surface area contributed by atoms with Gasteiger partial charge in [0.05, 0.1) is 9.92 Å². The van der Waals surface area contributed by atoms with Crippen molar-refractivity contribution >= 4 is 49.1 Å². The molecule has 3 rings (SSSR count). The molecule has 9 heteroatoms. The highest BCUT2D eigenvalue weighted by Gasteiger charge is 2.31. The summed E-state index contributed by atoms with van der Waals surface area (Å²) in [5.74, 6) is 0.0815. The third-order valence-electron chi connectivity index (χ3n) is 4.91. The lowest BCUT2D eigenvalue weighted by atomic mass is 10.1. The Morgan fingerprint density at radius 2 is 2.07 bits per heavy atom. The smallest absolute Gasteiger partial charge is 0.265 e. The number of carbonyl (C=O) groups is 1. The molecule has 2 aromatic carbocycles. The third-order valence-corrected chi connectivity index (χ3v) is 7.16. The molecule has 2 aromatic rings. The maximum absolute atomic E-state index is 12.8. The van der Waals surface area contributed by atoms with Gasteiger partial charge in [-0.25, -0.2) is 13.1 Å². The van der Waals surface area contributed by atoms with Crippen molar-refractivity contribution in [3.63, 3.8) is 0 Å². The van der Waals surface area contributed by atoms with Crippen LogP contribution in [-0.2, 0) is 21.2 Å². The Morgan fingerprint density at radius 3 is 2.77 bits per heavy atom. The zero-order valence-corrected chi connectivity index (χ0v) is 20.0. The van der Waals surface area contributed by atoms with Gasteiger partial charge in [-0.05, 0) is 61.7 Å². The average Bonchev–Trinajstić information content (AvgIpc) is 3.01. The molecule has 0 fully saturated rings. The molecule has 0 aromatic heterocycles. The number of benzene rings is 2. The number of fused-ring (bicyclic) bond motifs is 1. The number of carbonyl (C=O) groups excluding carboxylic acids is 1. The monoisotopic (exact) mass is 514 g/mol. The fraction of sp³-hybridized carbons (Fsp3) is 0.381. The normalized spacial score (nSPS) is 15.9. The first-order chi connectivity index (χ1) is 14.2. The lowest BCUT2D eigenvalue weighted by molar-refractivity contribution is -0.120. The predicted molar refractivity (Wildman–Crippen MR) is 122 cm³/mol. The summed E-state index contributed by atoms with van der Waals surface area (Å²) in [7, 11) is -3.63. The van der Waals surface area contributed by atoms with Crippen molar-refractivity contribution in [2.24, 2.45) is 0 Å². The minimum atomic E-state index is -3.63. The number of sulfonamides is 1. The fourth-order valence-electron chi connectivity index (χ4n) is 3.42. The van der Waals surface area contributed by atoms with E-state index in [1.165, 1.54) is 18.2 Å². The second kappa shape index (κ2) is 9.68. The van der Waals surface area contributed by atoms with E-state index in [2.05, 4.69) is 20.7 Å². The van der Waals surface area contributed by atoms with E-state index in [4.69, 9.17) is 16.3 Å². The highest BCUT2D eigenvalue weighted by molar-refractivity contribution is 9.10. The minimum Gasteiger partial charge on any atom is -0.482 e. The van der Waals surface area contributed by atoms with Gasteiger partial charge < -0.3 is 9.64 Å². The lowest BCUT2D eigenvalue weighted by Gasteiger charge is -2.23. The van der Waals surface area contributed by atoms with Crippen LogP contribution in [0.25, 0.3) is 0 Å². The number of rotatable bonds is 8. The van der Waals surface area contributed by atoms with Crippen LogP contribution >= 0.6 is 27.5 Å². The molecule has 0 aliphatic carbocycles. The van der Waals surface area contributed by atoms with E-state index in [1.807, 2.05) is 32.0 Å². The molecule has 1 unspecified atom stereocenters. The first kappa shape index (κ1) is 23.1. The molecule has 30 heavy (non-hydrogen) atoms. The summed E-state index contributed by atoms with van der Waals surface area (Å²) in [4.78, 5) is 14.6. The van der Waals surface area contributed by atoms with Crippen LogP contribution in [0.15, 0.2) is 45.8 Å². The SMILES string of the molecule is CCCCNS(=O)(=O)c1ccc(OCC(=O)N2c3ccc(Br)cc3CC2C)c(Cl)c1. The van der Waals surface area contributed by atoms with E-state index in [0.29, 0.717) is 6.54 Å². The number of hydrogen-bond donors (Lipinski definition) is 1. The third kappa shape index (κ3) is 5.17. The van der Waals surface area contributed by atoms with Gasteiger partial charge in [-0.1, -0.05) is 40.9 Å². The molecule has 0 bridgehead atoms. The Bertz CT molecular complexity index is 1050. The molecule has 1 amide bonds. The maximum Gasteiger partial charge on any atom is 0.265 e. The van der Waals surface area contributed by atoms with Gasteiger partial charge in [-0.2, -0.15) is 0 Å². The van der Waals surface area contributed by atoms with Gasteiger partial charge in [0.15, 0.2) is 6.61 Å². The molecule has 1 atom stereocenters.